The second kappa shape index (κ2) is 10.1. The van der Waals surface area contributed by atoms with Gasteiger partial charge in [-0.05, 0) is 42.0 Å². The molecule has 0 aromatic heterocycles. The molecule has 0 spiro atoms. The lowest BCUT2D eigenvalue weighted by molar-refractivity contribution is -0.112. The molecule has 7 heteroatoms. The Morgan fingerprint density at radius 2 is 1.90 bits per heavy atom. The van der Waals surface area contributed by atoms with Crippen molar-refractivity contribution in [1.29, 1.82) is 5.26 Å². The summed E-state index contributed by atoms with van der Waals surface area (Å²) in [7, 11) is 0. The van der Waals surface area contributed by atoms with Crippen LogP contribution >= 0.6 is 27.5 Å². The van der Waals surface area contributed by atoms with Crippen molar-refractivity contribution in [2.45, 2.75) is 6.61 Å². The predicted molar refractivity (Wildman–Crippen MR) is 119 cm³/mol. The lowest BCUT2D eigenvalue weighted by atomic mass is 10.1. The van der Waals surface area contributed by atoms with Crippen molar-refractivity contribution >= 4 is 45.2 Å². The fourth-order valence-electron chi connectivity index (χ4n) is 2.56. The molecule has 0 unspecified atom stereocenters. The summed E-state index contributed by atoms with van der Waals surface area (Å²) in [4.78, 5) is 12.3. The zero-order valence-corrected chi connectivity index (χ0v) is 17.9. The Morgan fingerprint density at radius 1 is 1.17 bits per heavy atom. The van der Waals surface area contributed by atoms with Crippen LogP contribution in [0.3, 0.4) is 0 Å². The van der Waals surface area contributed by atoms with E-state index in [-0.39, 0.29) is 11.3 Å². The summed E-state index contributed by atoms with van der Waals surface area (Å²) in [6.07, 6.45) is 1.37. The number of hydrogen-bond donors (Lipinski definition) is 1. The summed E-state index contributed by atoms with van der Waals surface area (Å²) < 4.78 is 20.4. The molecule has 0 aliphatic carbocycles. The monoisotopic (exact) mass is 484 g/mol. The van der Waals surface area contributed by atoms with Gasteiger partial charge in [0.1, 0.15) is 29.8 Å². The van der Waals surface area contributed by atoms with E-state index in [2.05, 4.69) is 21.2 Å². The normalized spacial score (nSPS) is 10.9. The van der Waals surface area contributed by atoms with E-state index in [0.29, 0.717) is 22.9 Å². The summed E-state index contributed by atoms with van der Waals surface area (Å²) in [5.74, 6) is -0.829. The number of carbonyl (C=O) groups is 1. The molecular weight excluding hydrogens is 471 g/mol. The zero-order valence-electron chi connectivity index (χ0n) is 15.5. The van der Waals surface area contributed by atoms with E-state index in [1.807, 2.05) is 30.3 Å². The van der Waals surface area contributed by atoms with Crippen molar-refractivity contribution in [1.82, 2.24) is 0 Å². The molecule has 0 bridgehead atoms. The number of para-hydroxylation sites is 1. The van der Waals surface area contributed by atoms with Crippen LogP contribution in [0, 0.1) is 17.1 Å². The number of rotatable bonds is 6. The molecule has 0 aliphatic rings. The fourth-order valence-corrected chi connectivity index (χ4v) is 3.21. The second-order valence-corrected chi connectivity index (χ2v) is 7.44. The summed E-state index contributed by atoms with van der Waals surface area (Å²) in [5.41, 5.74) is 1.32. The Morgan fingerprint density at radius 3 is 2.60 bits per heavy atom. The number of nitriles is 1. The van der Waals surface area contributed by atoms with E-state index >= 15 is 0 Å². The quantitative estimate of drug-likeness (QED) is 0.326. The van der Waals surface area contributed by atoms with Gasteiger partial charge in [0.2, 0.25) is 0 Å². The highest BCUT2D eigenvalue weighted by atomic mass is 79.9. The van der Waals surface area contributed by atoms with Gasteiger partial charge in [-0.3, -0.25) is 4.79 Å². The highest BCUT2D eigenvalue weighted by molar-refractivity contribution is 9.10. The minimum atomic E-state index is -0.715. The summed E-state index contributed by atoms with van der Waals surface area (Å²) in [6, 6.07) is 20.2. The van der Waals surface area contributed by atoms with Gasteiger partial charge in [-0.2, -0.15) is 5.26 Å². The van der Waals surface area contributed by atoms with Crippen LogP contribution in [0.1, 0.15) is 11.1 Å². The Hall–Kier alpha value is -3.14. The Bertz CT molecular complexity index is 1160. The van der Waals surface area contributed by atoms with Crippen molar-refractivity contribution < 1.29 is 13.9 Å². The average molecular weight is 486 g/mol. The summed E-state index contributed by atoms with van der Waals surface area (Å²) in [6.45, 7) is 0.324. The van der Waals surface area contributed by atoms with E-state index < -0.39 is 11.7 Å². The van der Waals surface area contributed by atoms with Crippen molar-refractivity contribution in [2.24, 2.45) is 0 Å². The van der Waals surface area contributed by atoms with Crippen LogP contribution < -0.4 is 10.1 Å². The average Bonchev–Trinajstić information content (AvgIpc) is 2.74. The fraction of sp³-hybridized carbons (Fsp3) is 0.0435. The molecule has 1 N–H and O–H groups in total. The molecule has 30 heavy (non-hydrogen) atoms. The summed E-state index contributed by atoms with van der Waals surface area (Å²) >= 11 is 9.76. The van der Waals surface area contributed by atoms with Crippen LogP contribution in [0.5, 0.6) is 5.75 Å². The van der Waals surface area contributed by atoms with Gasteiger partial charge in [-0.25, -0.2) is 4.39 Å². The van der Waals surface area contributed by atoms with E-state index in [4.69, 9.17) is 16.3 Å². The number of amides is 1. The summed E-state index contributed by atoms with van der Waals surface area (Å²) in [5, 5.41) is 12.1. The number of anilines is 1. The van der Waals surface area contributed by atoms with E-state index in [1.54, 1.807) is 24.3 Å². The number of nitrogens with one attached hydrogen (secondary N) is 1. The molecule has 0 saturated heterocycles. The third-order valence-corrected chi connectivity index (χ3v) is 5.16. The lowest BCUT2D eigenvalue weighted by Gasteiger charge is -2.10. The van der Waals surface area contributed by atoms with Crippen molar-refractivity contribution in [3.63, 3.8) is 0 Å². The van der Waals surface area contributed by atoms with Gasteiger partial charge in [0.05, 0.1) is 10.7 Å². The van der Waals surface area contributed by atoms with Gasteiger partial charge in [-0.15, -0.1) is 0 Å². The van der Waals surface area contributed by atoms with E-state index in [9.17, 15) is 14.4 Å². The Labute approximate surface area is 186 Å². The van der Waals surface area contributed by atoms with Gasteiger partial charge in [0.15, 0.2) is 0 Å². The number of benzene rings is 3. The molecule has 0 fully saturated rings. The van der Waals surface area contributed by atoms with Crippen LogP contribution in [0.4, 0.5) is 10.1 Å². The zero-order chi connectivity index (χ0) is 21.5. The Balaban J connectivity index is 1.73. The SMILES string of the molecule is N#C/C(=C\c1ccc(OCc2ccccc2Br)c(Cl)c1)C(=O)Nc1ccccc1F. The number of nitrogens with zero attached hydrogens (tertiary/aromatic N) is 1. The van der Waals surface area contributed by atoms with E-state index in [0.717, 1.165) is 10.0 Å². The van der Waals surface area contributed by atoms with E-state index in [1.165, 1.54) is 24.3 Å². The Kier molecular flexibility index (Phi) is 7.23. The molecule has 0 saturated carbocycles. The molecule has 0 aliphatic heterocycles. The van der Waals surface area contributed by atoms with Gasteiger partial charge in [0, 0.05) is 10.0 Å². The number of ether oxygens (including phenoxy) is 1. The topological polar surface area (TPSA) is 62.1 Å². The molecule has 150 valence electrons. The van der Waals surface area contributed by atoms with Gasteiger partial charge in [0.25, 0.3) is 5.91 Å². The standard InChI is InChI=1S/C23H15BrClFN2O2/c24-18-6-2-1-5-16(18)14-30-22-10-9-15(12-19(22)25)11-17(13-27)23(29)28-21-8-4-3-7-20(21)26/h1-12H,14H2,(H,28,29)/b17-11+. The minimum absolute atomic E-state index is 0.00231. The second-order valence-electron chi connectivity index (χ2n) is 6.17. The highest BCUT2D eigenvalue weighted by Gasteiger charge is 2.12. The van der Waals surface area contributed by atoms with Crippen molar-refractivity contribution in [3.8, 4) is 11.8 Å². The smallest absolute Gasteiger partial charge is 0.266 e. The first-order chi connectivity index (χ1) is 14.5. The number of halogens is 3. The first-order valence-electron chi connectivity index (χ1n) is 8.81. The van der Waals surface area contributed by atoms with Crippen LogP contribution in [0.15, 0.2) is 76.8 Å². The number of hydrogen-bond acceptors (Lipinski definition) is 3. The largest absolute Gasteiger partial charge is 0.487 e. The third-order valence-electron chi connectivity index (χ3n) is 4.10. The van der Waals surface area contributed by atoms with Crippen LogP contribution in [0.25, 0.3) is 6.08 Å². The molecule has 3 rings (SSSR count). The molecule has 3 aromatic carbocycles. The maximum Gasteiger partial charge on any atom is 0.266 e. The predicted octanol–water partition coefficient (Wildman–Crippen LogP) is 6.37. The van der Waals surface area contributed by atoms with Gasteiger partial charge in [-0.1, -0.05) is 63.9 Å². The molecule has 3 aromatic rings. The number of carbonyl (C=O) groups excluding carboxylic acids is 1. The lowest BCUT2D eigenvalue weighted by Crippen LogP contribution is -2.14. The maximum atomic E-state index is 13.7. The third kappa shape index (κ3) is 5.47. The van der Waals surface area contributed by atoms with Crippen LogP contribution in [-0.2, 0) is 11.4 Å². The molecule has 0 radical (unpaired) electrons. The van der Waals surface area contributed by atoms with Crippen LogP contribution in [-0.4, -0.2) is 5.91 Å². The van der Waals surface area contributed by atoms with Crippen molar-refractivity contribution in [2.75, 3.05) is 5.32 Å². The first-order valence-corrected chi connectivity index (χ1v) is 9.98. The van der Waals surface area contributed by atoms with Gasteiger partial charge >= 0.3 is 0 Å². The molecule has 0 atom stereocenters. The highest BCUT2D eigenvalue weighted by Crippen LogP contribution is 2.28. The molecule has 4 nitrogen and oxygen atoms in total. The molecule has 1 amide bonds. The van der Waals surface area contributed by atoms with Crippen molar-refractivity contribution in [3.05, 3.63) is 98.7 Å². The van der Waals surface area contributed by atoms with Gasteiger partial charge < -0.3 is 10.1 Å². The maximum absolute atomic E-state index is 13.7. The minimum Gasteiger partial charge on any atom is -0.487 e. The molecular formula is C23H15BrClFN2O2. The molecule has 0 heterocycles. The van der Waals surface area contributed by atoms with Crippen LogP contribution in [0.2, 0.25) is 5.02 Å². The first kappa shape index (κ1) is 21.6.